The number of hydrogen-bond acceptors (Lipinski definition) is 4. The van der Waals surface area contributed by atoms with Crippen molar-refractivity contribution in [2.45, 2.75) is 25.8 Å². The average molecular weight is 186 g/mol. The Bertz CT molecular complexity index is 184. The molecule has 1 fully saturated rings. The van der Waals surface area contributed by atoms with Gasteiger partial charge in [0, 0.05) is 6.04 Å². The van der Waals surface area contributed by atoms with Crippen molar-refractivity contribution in [3.05, 3.63) is 6.10 Å². The third-order valence-corrected chi connectivity index (χ3v) is 2.45. The number of aliphatic hydroxyl groups excluding tert-OH is 1. The van der Waals surface area contributed by atoms with Gasteiger partial charge in [0.25, 0.3) is 0 Å². The van der Waals surface area contributed by atoms with E-state index >= 15 is 0 Å². The number of rotatable bonds is 2. The van der Waals surface area contributed by atoms with E-state index in [0.29, 0.717) is 18.9 Å². The Kier molecular flexibility index (Phi) is 3.69. The monoisotopic (exact) mass is 186 g/mol. The van der Waals surface area contributed by atoms with Gasteiger partial charge in [0.15, 0.2) is 0 Å². The topological polar surface area (TPSA) is 58.6 Å². The van der Waals surface area contributed by atoms with Crippen LogP contribution in [0.3, 0.4) is 0 Å². The Morgan fingerprint density at radius 2 is 2.46 bits per heavy atom. The number of hydrogen-bond donors (Lipinski definition) is 2. The van der Waals surface area contributed by atoms with E-state index < -0.39 is 0 Å². The van der Waals surface area contributed by atoms with Crippen LogP contribution >= 0.6 is 0 Å². The molecular formula is C9H16NO3. The van der Waals surface area contributed by atoms with Gasteiger partial charge in [-0.25, -0.2) is 0 Å². The zero-order chi connectivity index (χ0) is 9.84. The fraction of sp³-hybridized carbons (Fsp3) is 0.778. The molecule has 0 bridgehead atoms. The molecule has 1 saturated heterocycles. The maximum Gasteiger partial charge on any atom is 0.309 e. The number of methoxy groups -OCH3 is 1. The number of piperidine rings is 1. The highest BCUT2D eigenvalue weighted by Gasteiger charge is 2.29. The molecule has 4 heteroatoms. The van der Waals surface area contributed by atoms with Crippen molar-refractivity contribution in [3.63, 3.8) is 0 Å². The van der Waals surface area contributed by atoms with E-state index in [2.05, 4.69) is 10.1 Å². The molecule has 13 heavy (non-hydrogen) atoms. The van der Waals surface area contributed by atoms with E-state index in [1.165, 1.54) is 7.11 Å². The van der Waals surface area contributed by atoms with E-state index in [1.54, 1.807) is 0 Å². The van der Waals surface area contributed by atoms with Crippen LogP contribution in [0.5, 0.6) is 0 Å². The van der Waals surface area contributed by atoms with Gasteiger partial charge in [-0.15, -0.1) is 0 Å². The second kappa shape index (κ2) is 4.58. The van der Waals surface area contributed by atoms with E-state index in [9.17, 15) is 9.90 Å². The van der Waals surface area contributed by atoms with Crippen LogP contribution in [0, 0.1) is 12.0 Å². The minimum atomic E-state index is -0.229. The van der Waals surface area contributed by atoms with Gasteiger partial charge in [-0.3, -0.25) is 4.79 Å². The number of nitrogens with one attached hydrogen (secondary N) is 1. The fourth-order valence-corrected chi connectivity index (χ4v) is 1.53. The smallest absolute Gasteiger partial charge is 0.309 e. The van der Waals surface area contributed by atoms with Crippen molar-refractivity contribution in [1.82, 2.24) is 5.32 Å². The zero-order valence-electron chi connectivity index (χ0n) is 8.04. The van der Waals surface area contributed by atoms with Crippen LogP contribution in [0.25, 0.3) is 0 Å². The van der Waals surface area contributed by atoms with Crippen LogP contribution in [0.2, 0.25) is 0 Å². The molecule has 0 aromatic rings. The highest BCUT2D eigenvalue weighted by molar-refractivity contribution is 5.72. The lowest BCUT2D eigenvalue weighted by atomic mass is 9.92. The highest BCUT2D eigenvalue weighted by Crippen LogP contribution is 2.20. The minimum absolute atomic E-state index is 0.0150. The molecule has 0 aliphatic carbocycles. The van der Waals surface area contributed by atoms with Gasteiger partial charge >= 0.3 is 5.97 Å². The number of esters is 1. The first-order chi connectivity index (χ1) is 6.15. The van der Waals surface area contributed by atoms with Gasteiger partial charge in [-0.1, -0.05) is 6.92 Å². The summed E-state index contributed by atoms with van der Waals surface area (Å²) in [4.78, 5) is 11.2. The highest BCUT2D eigenvalue weighted by atomic mass is 16.5. The van der Waals surface area contributed by atoms with Crippen molar-refractivity contribution in [1.29, 1.82) is 0 Å². The molecule has 4 nitrogen and oxygen atoms in total. The van der Waals surface area contributed by atoms with Crippen molar-refractivity contribution >= 4 is 5.97 Å². The second-order valence-corrected chi connectivity index (χ2v) is 3.39. The van der Waals surface area contributed by atoms with Crippen molar-refractivity contribution < 1.29 is 14.6 Å². The summed E-state index contributed by atoms with van der Waals surface area (Å²) in [6.07, 6.45) is 1.71. The maximum absolute atomic E-state index is 11.2. The van der Waals surface area contributed by atoms with Crippen molar-refractivity contribution in [2.75, 3.05) is 13.7 Å². The Morgan fingerprint density at radius 1 is 1.77 bits per heavy atom. The number of aliphatic hydroxyl groups is 1. The molecule has 1 heterocycles. The lowest BCUT2D eigenvalue weighted by Crippen LogP contribution is -2.44. The number of ether oxygens (including phenoxy) is 1. The van der Waals surface area contributed by atoms with Gasteiger partial charge in [0.05, 0.1) is 19.1 Å². The molecule has 0 spiro atoms. The van der Waals surface area contributed by atoms with Crippen LogP contribution in [-0.2, 0) is 9.53 Å². The molecule has 2 unspecified atom stereocenters. The molecule has 0 aromatic carbocycles. The van der Waals surface area contributed by atoms with Crippen molar-refractivity contribution in [3.8, 4) is 0 Å². The van der Waals surface area contributed by atoms with Gasteiger partial charge in [0.2, 0.25) is 0 Å². The Labute approximate surface area is 78.3 Å². The first kappa shape index (κ1) is 10.5. The molecular weight excluding hydrogens is 170 g/mol. The average Bonchev–Trinajstić information content (AvgIpc) is 2.15. The van der Waals surface area contributed by atoms with E-state index in [1.807, 2.05) is 6.92 Å². The Balaban J connectivity index is 2.45. The van der Waals surface area contributed by atoms with Crippen molar-refractivity contribution in [2.24, 2.45) is 5.92 Å². The second-order valence-electron chi connectivity index (χ2n) is 3.39. The maximum atomic E-state index is 11.2. The van der Waals surface area contributed by atoms with Gasteiger partial charge in [0.1, 0.15) is 0 Å². The van der Waals surface area contributed by atoms with Gasteiger partial charge in [-0.05, 0) is 19.4 Å². The van der Waals surface area contributed by atoms with Crippen LogP contribution in [0.1, 0.15) is 19.8 Å². The molecule has 0 amide bonds. The summed E-state index contributed by atoms with van der Waals surface area (Å²) >= 11 is 0. The molecule has 0 aromatic heterocycles. The fourth-order valence-electron chi connectivity index (χ4n) is 1.53. The molecule has 1 aliphatic heterocycles. The van der Waals surface area contributed by atoms with Gasteiger partial charge in [-0.2, -0.15) is 0 Å². The quantitative estimate of drug-likeness (QED) is 0.615. The van der Waals surface area contributed by atoms with Gasteiger partial charge < -0.3 is 15.2 Å². The summed E-state index contributed by atoms with van der Waals surface area (Å²) in [6.45, 7) is 2.54. The lowest BCUT2D eigenvalue weighted by Gasteiger charge is -2.29. The van der Waals surface area contributed by atoms with Crippen LogP contribution < -0.4 is 5.32 Å². The standard InChI is InChI=1S/C9H16NO3/c1-6(9(12)13-2)8-5-7(11)3-4-10-8/h6,8,10-11H,3-5H2,1-2H3. The van der Waals surface area contributed by atoms with E-state index in [4.69, 9.17) is 0 Å². The molecule has 0 saturated carbocycles. The lowest BCUT2D eigenvalue weighted by molar-refractivity contribution is -0.146. The van der Waals surface area contributed by atoms with E-state index in [-0.39, 0.29) is 17.9 Å². The third kappa shape index (κ3) is 2.67. The molecule has 1 radical (unpaired) electrons. The largest absolute Gasteiger partial charge is 0.469 e. The third-order valence-electron chi connectivity index (χ3n) is 2.45. The minimum Gasteiger partial charge on any atom is -0.469 e. The van der Waals surface area contributed by atoms with E-state index in [0.717, 1.165) is 6.54 Å². The van der Waals surface area contributed by atoms with Crippen LogP contribution in [-0.4, -0.2) is 30.8 Å². The number of carbonyl (C=O) groups is 1. The van der Waals surface area contributed by atoms with Crippen LogP contribution in [0.4, 0.5) is 0 Å². The predicted molar refractivity (Wildman–Crippen MR) is 47.4 cm³/mol. The summed E-state index contributed by atoms with van der Waals surface area (Å²) in [5.74, 6) is -0.431. The number of carbonyl (C=O) groups excluding carboxylic acids is 1. The normalized spacial score (nSPS) is 26.8. The Morgan fingerprint density at radius 3 is 3.00 bits per heavy atom. The first-order valence-corrected chi connectivity index (χ1v) is 4.50. The summed E-state index contributed by atoms with van der Waals surface area (Å²) in [7, 11) is 1.38. The summed E-state index contributed by atoms with van der Waals surface area (Å²) in [5, 5.41) is 12.5. The Hall–Kier alpha value is -0.610. The molecule has 2 atom stereocenters. The van der Waals surface area contributed by atoms with Crippen LogP contribution in [0.15, 0.2) is 0 Å². The zero-order valence-corrected chi connectivity index (χ0v) is 8.04. The molecule has 1 aliphatic rings. The molecule has 2 N–H and O–H groups in total. The predicted octanol–water partition coefficient (Wildman–Crippen LogP) is 0.452. The summed E-state index contributed by atoms with van der Waals surface area (Å²) in [6, 6.07) is 0.0150. The molecule has 75 valence electrons. The molecule has 1 rings (SSSR count). The SMILES string of the molecule is COC(=O)C(C)C1C[C](O)CCN1. The summed E-state index contributed by atoms with van der Waals surface area (Å²) < 4.78 is 4.63. The summed E-state index contributed by atoms with van der Waals surface area (Å²) in [5.41, 5.74) is 0. The first-order valence-electron chi connectivity index (χ1n) is 4.50.